The molecule has 1 atom stereocenters. The van der Waals surface area contributed by atoms with Gasteiger partial charge in [0.05, 0.1) is 11.6 Å². The zero-order valence-corrected chi connectivity index (χ0v) is 17.7. The number of carboxylic acids is 1. The molecule has 0 amide bonds. The molecule has 0 spiro atoms. The first kappa shape index (κ1) is 21.7. The van der Waals surface area contributed by atoms with Crippen LogP contribution in [0.5, 0.6) is 0 Å². The van der Waals surface area contributed by atoms with E-state index in [0.717, 1.165) is 11.3 Å². The van der Waals surface area contributed by atoms with Gasteiger partial charge >= 0.3 is 5.97 Å². The van der Waals surface area contributed by atoms with Gasteiger partial charge < -0.3 is 5.11 Å². The molecule has 1 unspecified atom stereocenters. The van der Waals surface area contributed by atoms with E-state index in [-0.39, 0.29) is 23.0 Å². The Morgan fingerprint density at radius 3 is 2.23 bits per heavy atom. The zero-order chi connectivity index (χ0) is 21.7. The fourth-order valence-corrected chi connectivity index (χ4v) is 4.94. The molecule has 0 saturated heterocycles. The molecular formula is C23H24N2O4S. The molecule has 0 fully saturated rings. The van der Waals surface area contributed by atoms with Crippen molar-refractivity contribution in [2.24, 2.45) is 0 Å². The van der Waals surface area contributed by atoms with Crippen LogP contribution in [0.15, 0.2) is 77.8 Å². The number of carboxylic acid groups (broad SMARTS) is 1. The Kier molecular flexibility index (Phi) is 6.64. The highest BCUT2D eigenvalue weighted by molar-refractivity contribution is 7.89. The van der Waals surface area contributed by atoms with E-state index in [1.165, 1.54) is 22.6 Å². The second-order valence-electron chi connectivity index (χ2n) is 7.02. The molecule has 0 aliphatic rings. The fraction of sp³-hybridized carbons (Fsp3) is 0.217. The molecule has 2 aromatic carbocycles. The van der Waals surface area contributed by atoms with Gasteiger partial charge in [0.2, 0.25) is 10.0 Å². The number of hydrogen-bond acceptors (Lipinski definition) is 4. The first-order valence-electron chi connectivity index (χ1n) is 9.64. The number of aromatic nitrogens is 1. The number of benzene rings is 2. The summed E-state index contributed by atoms with van der Waals surface area (Å²) in [5.41, 5.74) is 2.50. The topological polar surface area (TPSA) is 87.6 Å². The summed E-state index contributed by atoms with van der Waals surface area (Å²) >= 11 is 0. The Balaban J connectivity index is 2.05. The van der Waals surface area contributed by atoms with Crippen LogP contribution in [0.25, 0.3) is 0 Å². The second-order valence-corrected chi connectivity index (χ2v) is 8.91. The van der Waals surface area contributed by atoms with Crippen molar-refractivity contribution in [1.82, 2.24) is 9.29 Å². The van der Waals surface area contributed by atoms with Crippen molar-refractivity contribution in [2.75, 3.05) is 0 Å². The normalized spacial score (nSPS) is 12.6. The summed E-state index contributed by atoms with van der Waals surface area (Å²) in [5.74, 6) is -1.02. The van der Waals surface area contributed by atoms with Gasteiger partial charge in [-0.15, -0.1) is 0 Å². The predicted octanol–water partition coefficient (Wildman–Crippen LogP) is 4.43. The molecule has 7 heteroatoms. The van der Waals surface area contributed by atoms with Crippen LogP contribution in [-0.2, 0) is 16.6 Å². The molecule has 1 N–H and O–H groups in total. The van der Waals surface area contributed by atoms with Crippen molar-refractivity contribution in [1.29, 1.82) is 0 Å². The summed E-state index contributed by atoms with van der Waals surface area (Å²) in [5, 5.41) is 9.12. The minimum absolute atomic E-state index is 0.115. The van der Waals surface area contributed by atoms with Crippen molar-refractivity contribution in [2.45, 2.75) is 37.8 Å². The van der Waals surface area contributed by atoms with Crippen LogP contribution in [0.2, 0.25) is 0 Å². The summed E-state index contributed by atoms with van der Waals surface area (Å²) in [7, 11) is -3.85. The van der Waals surface area contributed by atoms with Crippen LogP contribution in [-0.4, -0.2) is 28.8 Å². The van der Waals surface area contributed by atoms with Gasteiger partial charge in [-0.3, -0.25) is 4.98 Å². The van der Waals surface area contributed by atoms with Crippen LogP contribution in [0.4, 0.5) is 0 Å². The zero-order valence-electron chi connectivity index (χ0n) is 16.9. The number of aryl methyl sites for hydroxylation is 1. The van der Waals surface area contributed by atoms with E-state index in [9.17, 15) is 13.2 Å². The molecule has 30 heavy (non-hydrogen) atoms. The highest BCUT2D eigenvalue weighted by Gasteiger charge is 2.32. The third-order valence-corrected chi connectivity index (χ3v) is 6.79. The first-order valence-corrected chi connectivity index (χ1v) is 11.1. The molecule has 156 valence electrons. The molecule has 1 heterocycles. The van der Waals surface area contributed by atoms with Crippen LogP contribution in [0.1, 0.15) is 46.6 Å². The van der Waals surface area contributed by atoms with Crippen molar-refractivity contribution in [3.05, 3.63) is 95.3 Å². The van der Waals surface area contributed by atoms with E-state index in [1.807, 2.05) is 37.3 Å². The number of pyridine rings is 1. The van der Waals surface area contributed by atoms with E-state index < -0.39 is 16.0 Å². The number of rotatable bonds is 8. The number of aromatic carboxylic acids is 1. The van der Waals surface area contributed by atoms with Crippen molar-refractivity contribution in [3.63, 3.8) is 0 Å². The molecule has 0 aliphatic heterocycles. The van der Waals surface area contributed by atoms with E-state index in [1.54, 1.807) is 31.2 Å². The third kappa shape index (κ3) is 4.75. The Labute approximate surface area is 176 Å². The SMILES string of the molecule is CCC(c1ccccc1)N(Cc1ccc(C(=O)O)cc1)S(=O)(=O)c1ccc(C)nc1. The Bertz CT molecular complexity index is 1100. The van der Waals surface area contributed by atoms with Gasteiger partial charge in [-0.2, -0.15) is 4.31 Å². The van der Waals surface area contributed by atoms with Gasteiger partial charge in [-0.25, -0.2) is 13.2 Å². The monoisotopic (exact) mass is 424 g/mol. The molecule has 6 nitrogen and oxygen atoms in total. The van der Waals surface area contributed by atoms with Crippen LogP contribution < -0.4 is 0 Å². The Morgan fingerprint density at radius 1 is 1.03 bits per heavy atom. The van der Waals surface area contributed by atoms with E-state index in [2.05, 4.69) is 4.98 Å². The lowest BCUT2D eigenvalue weighted by Gasteiger charge is -2.31. The van der Waals surface area contributed by atoms with Gasteiger partial charge in [0, 0.05) is 18.4 Å². The quantitative estimate of drug-likeness (QED) is 0.578. The fourth-order valence-electron chi connectivity index (χ4n) is 3.32. The minimum atomic E-state index is -3.85. The molecule has 3 aromatic rings. The highest BCUT2D eigenvalue weighted by Crippen LogP contribution is 2.32. The molecule has 0 radical (unpaired) electrons. The van der Waals surface area contributed by atoms with Crippen molar-refractivity contribution >= 4 is 16.0 Å². The number of hydrogen-bond donors (Lipinski definition) is 1. The second kappa shape index (κ2) is 9.19. The molecule has 0 bridgehead atoms. The molecule has 0 aliphatic carbocycles. The van der Waals surface area contributed by atoms with E-state index >= 15 is 0 Å². The standard InChI is InChI=1S/C23H24N2O4S/c1-3-22(19-7-5-4-6-8-19)25(16-18-10-12-20(13-11-18)23(26)27)30(28,29)21-14-9-17(2)24-15-21/h4-15,22H,3,16H2,1-2H3,(H,26,27). The maximum Gasteiger partial charge on any atom is 0.335 e. The Morgan fingerprint density at radius 2 is 1.70 bits per heavy atom. The first-order chi connectivity index (χ1) is 14.3. The lowest BCUT2D eigenvalue weighted by molar-refractivity contribution is 0.0697. The van der Waals surface area contributed by atoms with Crippen molar-refractivity contribution in [3.8, 4) is 0 Å². The average Bonchev–Trinajstić information content (AvgIpc) is 2.75. The minimum Gasteiger partial charge on any atom is -0.478 e. The maximum atomic E-state index is 13.6. The lowest BCUT2D eigenvalue weighted by atomic mass is 10.0. The van der Waals surface area contributed by atoms with Gasteiger partial charge in [-0.05, 0) is 48.7 Å². The van der Waals surface area contributed by atoms with Crippen LogP contribution >= 0.6 is 0 Å². The molecule has 1 aromatic heterocycles. The summed E-state index contributed by atoms with van der Waals surface area (Å²) in [6.45, 7) is 3.86. The summed E-state index contributed by atoms with van der Waals surface area (Å²) < 4.78 is 28.6. The summed E-state index contributed by atoms with van der Waals surface area (Å²) in [6.07, 6.45) is 1.96. The van der Waals surface area contributed by atoms with Crippen molar-refractivity contribution < 1.29 is 18.3 Å². The number of sulfonamides is 1. The largest absolute Gasteiger partial charge is 0.478 e. The predicted molar refractivity (Wildman–Crippen MR) is 115 cm³/mol. The van der Waals surface area contributed by atoms with E-state index in [0.29, 0.717) is 12.0 Å². The van der Waals surface area contributed by atoms with Gasteiger partial charge in [0.1, 0.15) is 4.90 Å². The highest BCUT2D eigenvalue weighted by atomic mass is 32.2. The summed E-state index contributed by atoms with van der Waals surface area (Å²) in [4.78, 5) is 15.4. The average molecular weight is 425 g/mol. The molecule has 0 saturated carbocycles. The van der Waals surface area contributed by atoms with Gasteiger partial charge in [0.25, 0.3) is 0 Å². The van der Waals surface area contributed by atoms with Crippen LogP contribution in [0, 0.1) is 6.92 Å². The third-order valence-electron chi connectivity index (χ3n) is 4.95. The van der Waals surface area contributed by atoms with Gasteiger partial charge in [0.15, 0.2) is 0 Å². The Hall–Kier alpha value is -3.03. The molecular weight excluding hydrogens is 400 g/mol. The smallest absolute Gasteiger partial charge is 0.335 e. The molecule has 3 rings (SSSR count). The number of carbonyl (C=O) groups is 1. The number of nitrogens with zero attached hydrogens (tertiary/aromatic N) is 2. The van der Waals surface area contributed by atoms with E-state index in [4.69, 9.17) is 5.11 Å². The van der Waals surface area contributed by atoms with Gasteiger partial charge in [-0.1, -0.05) is 49.4 Å². The maximum absolute atomic E-state index is 13.6. The lowest BCUT2D eigenvalue weighted by Crippen LogP contribution is -2.34. The summed E-state index contributed by atoms with van der Waals surface area (Å²) in [6, 6.07) is 18.6. The van der Waals surface area contributed by atoms with Crippen LogP contribution in [0.3, 0.4) is 0 Å².